The van der Waals surface area contributed by atoms with Crippen molar-refractivity contribution in [2.75, 3.05) is 11.9 Å². The molecule has 1 aromatic carbocycles. The lowest BCUT2D eigenvalue weighted by molar-refractivity contribution is 0.0928. The Kier molecular flexibility index (Phi) is 6.25. The van der Waals surface area contributed by atoms with E-state index in [9.17, 15) is 9.59 Å². The van der Waals surface area contributed by atoms with E-state index in [-0.39, 0.29) is 18.0 Å². The zero-order valence-corrected chi connectivity index (χ0v) is 13.2. The molecule has 0 heterocycles. The monoisotopic (exact) mass is 303 g/mol. The summed E-state index contributed by atoms with van der Waals surface area (Å²) in [5.41, 5.74) is 1.06. The van der Waals surface area contributed by atoms with Crippen LogP contribution in [-0.4, -0.2) is 24.5 Å². The highest BCUT2D eigenvalue weighted by molar-refractivity contribution is 6.03. The average molecular weight is 303 g/mol. The molecule has 1 aliphatic carbocycles. The molecule has 0 saturated heterocycles. The number of amides is 3. The zero-order valence-electron chi connectivity index (χ0n) is 13.2. The van der Waals surface area contributed by atoms with Gasteiger partial charge in [-0.2, -0.15) is 0 Å². The summed E-state index contributed by atoms with van der Waals surface area (Å²) in [5.74, 6) is -0.113. The summed E-state index contributed by atoms with van der Waals surface area (Å²) in [4.78, 5) is 24.2. The third-order valence-corrected chi connectivity index (χ3v) is 3.90. The molecule has 2 rings (SSSR count). The van der Waals surface area contributed by atoms with Gasteiger partial charge >= 0.3 is 6.03 Å². The number of para-hydroxylation sites is 1. The number of carbonyl (C=O) groups excluding carboxylic acids is 2. The molecule has 0 spiro atoms. The highest BCUT2D eigenvalue weighted by Gasteiger charge is 2.18. The van der Waals surface area contributed by atoms with Crippen LogP contribution in [0.1, 0.15) is 55.8 Å². The summed E-state index contributed by atoms with van der Waals surface area (Å²) >= 11 is 0. The average Bonchev–Trinajstić information content (AvgIpc) is 2.54. The van der Waals surface area contributed by atoms with Crippen LogP contribution in [0.4, 0.5) is 10.5 Å². The van der Waals surface area contributed by atoms with Crippen molar-refractivity contribution in [3.63, 3.8) is 0 Å². The Bertz CT molecular complexity index is 510. The predicted molar refractivity (Wildman–Crippen MR) is 88.1 cm³/mol. The van der Waals surface area contributed by atoms with Crippen molar-refractivity contribution in [3.05, 3.63) is 29.8 Å². The smallest absolute Gasteiger partial charge is 0.319 e. The van der Waals surface area contributed by atoms with E-state index < -0.39 is 0 Å². The largest absolute Gasteiger partial charge is 0.349 e. The van der Waals surface area contributed by atoms with Gasteiger partial charge < -0.3 is 16.0 Å². The lowest BCUT2D eigenvalue weighted by atomic mass is 9.95. The zero-order chi connectivity index (χ0) is 15.8. The first-order valence-electron chi connectivity index (χ1n) is 8.15. The molecule has 5 nitrogen and oxygen atoms in total. The molecule has 1 saturated carbocycles. The molecule has 5 heteroatoms. The van der Waals surface area contributed by atoms with Crippen molar-refractivity contribution >= 4 is 17.6 Å². The fourth-order valence-corrected chi connectivity index (χ4v) is 2.71. The molecule has 3 N–H and O–H groups in total. The second-order valence-electron chi connectivity index (χ2n) is 5.73. The third-order valence-electron chi connectivity index (χ3n) is 3.90. The van der Waals surface area contributed by atoms with Crippen LogP contribution < -0.4 is 16.0 Å². The molecule has 0 unspecified atom stereocenters. The van der Waals surface area contributed by atoms with E-state index >= 15 is 0 Å². The SMILES string of the molecule is CCCNC(=O)Nc1ccccc1C(=O)NC1CCCCC1. The summed E-state index contributed by atoms with van der Waals surface area (Å²) in [6.45, 7) is 2.61. The van der Waals surface area contributed by atoms with Gasteiger partial charge in [-0.25, -0.2) is 4.79 Å². The molecule has 3 amide bonds. The Hall–Kier alpha value is -2.04. The van der Waals surface area contributed by atoms with Gasteiger partial charge in [0, 0.05) is 12.6 Å². The van der Waals surface area contributed by atoms with Crippen LogP contribution in [0.3, 0.4) is 0 Å². The lowest BCUT2D eigenvalue weighted by Gasteiger charge is -2.23. The van der Waals surface area contributed by atoms with Crippen LogP contribution in [-0.2, 0) is 0 Å². The molecular formula is C17H25N3O2. The molecule has 0 aliphatic heterocycles. The Morgan fingerprint density at radius 3 is 2.59 bits per heavy atom. The summed E-state index contributed by atoms with van der Waals surface area (Å²) in [7, 11) is 0. The molecule has 1 aromatic rings. The van der Waals surface area contributed by atoms with Crippen molar-refractivity contribution < 1.29 is 9.59 Å². The first-order chi connectivity index (χ1) is 10.7. The van der Waals surface area contributed by atoms with Crippen molar-refractivity contribution in [3.8, 4) is 0 Å². The van der Waals surface area contributed by atoms with Crippen LogP contribution in [0.2, 0.25) is 0 Å². The molecule has 1 aliphatic rings. The van der Waals surface area contributed by atoms with Gasteiger partial charge in [-0.15, -0.1) is 0 Å². The van der Waals surface area contributed by atoms with Gasteiger partial charge in [-0.05, 0) is 31.4 Å². The van der Waals surface area contributed by atoms with Gasteiger partial charge in [-0.3, -0.25) is 4.79 Å². The van der Waals surface area contributed by atoms with Gasteiger partial charge in [0.1, 0.15) is 0 Å². The first-order valence-corrected chi connectivity index (χ1v) is 8.15. The maximum absolute atomic E-state index is 12.4. The Balaban J connectivity index is 2.00. The van der Waals surface area contributed by atoms with E-state index in [0.717, 1.165) is 19.3 Å². The minimum atomic E-state index is -0.278. The highest BCUT2D eigenvalue weighted by atomic mass is 16.2. The van der Waals surface area contributed by atoms with E-state index in [1.165, 1.54) is 19.3 Å². The van der Waals surface area contributed by atoms with E-state index in [1.54, 1.807) is 12.1 Å². The third kappa shape index (κ3) is 4.76. The van der Waals surface area contributed by atoms with Gasteiger partial charge in [0.25, 0.3) is 5.91 Å². The summed E-state index contributed by atoms with van der Waals surface area (Å²) in [5, 5.41) is 8.58. The van der Waals surface area contributed by atoms with Crippen molar-refractivity contribution in [1.29, 1.82) is 0 Å². The molecule has 22 heavy (non-hydrogen) atoms. The number of hydrogen-bond acceptors (Lipinski definition) is 2. The number of benzene rings is 1. The normalized spacial score (nSPS) is 15.1. The summed E-state index contributed by atoms with van der Waals surface area (Å²) < 4.78 is 0. The van der Waals surface area contributed by atoms with Crippen LogP contribution in [0.5, 0.6) is 0 Å². The van der Waals surface area contributed by atoms with E-state index in [4.69, 9.17) is 0 Å². The molecule has 0 aromatic heterocycles. The topological polar surface area (TPSA) is 70.2 Å². The fraction of sp³-hybridized carbons (Fsp3) is 0.529. The van der Waals surface area contributed by atoms with Crippen LogP contribution >= 0.6 is 0 Å². The summed E-state index contributed by atoms with van der Waals surface area (Å²) in [6, 6.07) is 7.09. The van der Waals surface area contributed by atoms with E-state index in [2.05, 4.69) is 16.0 Å². The number of hydrogen-bond donors (Lipinski definition) is 3. The highest BCUT2D eigenvalue weighted by Crippen LogP contribution is 2.20. The second kappa shape index (κ2) is 8.41. The molecule has 1 fully saturated rings. The number of urea groups is 1. The standard InChI is InChI=1S/C17H25N3O2/c1-2-12-18-17(22)20-15-11-7-6-10-14(15)16(21)19-13-8-4-3-5-9-13/h6-7,10-11,13H,2-5,8-9,12H2,1H3,(H,19,21)(H2,18,20,22). The van der Waals surface area contributed by atoms with Crippen LogP contribution in [0.25, 0.3) is 0 Å². The van der Waals surface area contributed by atoms with Crippen molar-refractivity contribution in [1.82, 2.24) is 10.6 Å². The predicted octanol–water partition coefficient (Wildman–Crippen LogP) is 3.28. The second-order valence-corrected chi connectivity index (χ2v) is 5.73. The van der Waals surface area contributed by atoms with Crippen molar-refractivity contribution in [2.45, 2.75) is 51.5 Å². The van der Waals surface area contributed by atoms with Gasteiger partial charge in [0.2, 0.25) is 0 Å². The molecule has 0 atom stereocenters. The van der Waals surface area contributed by atoms with Gasteiger partial charge in [-0.1, -0.05) is 38.3 Å². The Morgan fingerprint density at radius 2 is 1.86 bits per heavy atom. The maximum atomic E-state index is 12.4. The van der Waals surface area contributed by atoms with Gasteiger partial charge in [0.15, 0.2) is 0 Å². The first kappa shape index (κ1) is 16.3. The quantitative estimate of drug-likeness (QED) is 0.781. The molecular weight excluding hydrogens is 278 g/mol. The van der Waals surface area contributed by atoms with E-state index in [1.807, 2.05) is 19.1 Å². The minimum absolute atomic E-state index is 0.113. The Morgan fingerprint density at radius 1 is 1.14 bits per heavy atom. The number of nitrogens with one attached hydrogen (secondary N) is 3. The molecule has 0 bridgehead atoms. The number of anilines is 1. The summed E-state index contributed by atoms with van der Waals surface area (Å²) in [6.07, 6.45) is 6.55. The van der Waals surface area contributed by atoms with Crippen LogP contribution in [0.15, 0.2) is 24.3 Å². The molecule has 120 valence electrons. The molecule has 0 radical (unpaired) electrons. The van der Waals surface area contributed by atoms with Crippen molar-refractivity contribution in [2.24, 2.45) is 0 Å². The fourth-order valence-electron chi connectivity index (χ4n) is 2.71. The minimum Gasteiger partial charge on any atom is -0.349 e. The van der Waals surface area contributed by atoms with Gasteiger partial charge in [0.05, 0.1) is 11.3 Å². The number of carbonyl (C=O) groups is 2. The Labute approximate surface area is 131 Å². The van der Waals surface area contributed by atoms with E-state index in [0.29, 0.717) is 17.8 Å². The maximum Gasteiger partial charge on any atom is 0.319 e. The van der Waals surface area contributed by atoms with Crippen LogP contribution in [0, 0.1) is 0 Å². The number of rotatable bonds is 5. The lowest BCUT2D eigenvalue weighted by Crippen LogP contribution is -2.37.